The lowest BCUT2D eigenvalue weighted by molar-refractivity contribution is -0.121. The molecule has 0 aliphatic rings. The highest BCUT2D eigenvalue weighted by atomic mass is 16.2. The molecular formula is C26H23N3O3. The number of hydrogen-bond donors (Lipinski definition) is 1. The second-order valence-electron chi connectivity index (χ2n) is 7.78. The molecule has 1 N–H and O–H groups in total. The average Bonchev–Trinajstić information content (AvgIpc) is 2.81. The van der Waals surface area contributed by atoms with Gasteiger partial charge in [-0.05, 0) is 54.8 Å². The van der Waals surface area contributed by atoms with Gasteiger partial charge in [-0.2, -0.15) is 0 Å². The smallest absolute Gasteiger partial charge is 0.240 e. The van der Waals surface area contributed by atoms with Crippen LogP contribution in [0.2, 0.25) is 0 Å². The van der Waals surface area contributed by atoms with Crippen LogP contribution in [0.25, 0.3) is 10.9 Å². The fraction of sp³-hybridized carbons (Fsp3) is 0.154. The number of nitrogens with one attached hydrogen (secondary N) is 1. The van der Waals surface area contributed by atoms with Gasteiger partial charge in [-0.1, -0.05) is 30.3 Å². The van der Waals surface area contributed by atoms with Crippen LogP contribution in [0.15, 0.2) is 78.0 Å². The predicted octanol–water partition coefficient (Wildman–Crippen LogP) is 3.56. The Balaban J connectivity index is 1.74. The van der Waals surface area contributed by atoms with Crippen molar-refractivity contribution in [1.29, 1.82) is 0 Å². The summed E-state index contributed by atoms with van der Waals surface area (Å²) >= 11 is 0. The number of pyridine rings is 2. The molecule has 2 heterocycles. The van der Waals surface area contributed by atoms with Crippen molar-refractivity contribution in [3.8, 4) is 0 Å². The summed E-state index contributed by atoms with van der Waals surface area (Å²) in [5.41, 5.74) is 3.63. The van der Waals surface area contributed by atoms with Gasteiger partial charge in [-0.3, -0.25) is 19.4 Å². The van der Waals surface area contributed by atoms with E-state index in [1.165, 1.54) is 18.6 Å². The lowest BCUT2D eigenvalue weighted by Gasteiger charge is -2.15. The molecule has 2 aromatic heterocycles. The van der Waals surface area contributed by atoms with Crippen LogP contribution in [0, 0.1) is 13.8 Å². The zero-order chi connectivity index (χ0) is 22.7. The molecule has 0 aliphatic carbocycles. The van der Waals surface area contributed by atoms with Crippen LogP contribution in [-0.2, 0) is 17.9 Å². The predicted molar refractivity (Wildman–Crippen MR) is 124 cm³/mol. The van der Waals surface area contributed by atoms with Crippen molar-refractivity contribution >= 4 is 22.6 Å². The number of aromatic nitrogens is 2. The number of benzene rings is 2. The van der Waals surface area contributed by atoms with Gasteiger partial charge in [0.15, 0.2) is 5.78 Å². The Morgan fingerprint density at radius 2 is 1.66 bits per heavy atom. The monoisotopic (exact) mass is 425 g/mol. The molecule has 0 fully saturated rings. The van der Waals surface area contributed by atoms with Crippen LogP contribution in [0.1, 0.15) is 32.6 Å². The minimum Gasteiger partial charge on any atom is -0.350 e. The van der Waals surface area contributed by atoms with Gasteiger partial charge in [0.1, 0.15) is 6.54 Å². The standard InChI is InChI=1S/C26H23N3O3/c1-17-12-21-23(13-18(17)2)29(16-24(30)28-14-19-6-4-3-5-7-19)15-22(26(21)32)25(31)20-8-10-27-11-9-20/h3-13,15H,14,16H2,1-2H3,(H,28,30). The normalized spacial score (nSPS) is 10.8. The molecule has 2 aromatic carbocycles. The fourth-order valence-corrected chi connectivity index (χ4v) is 3.61. The lowest BCUT2D eigenvalue weighted by atomic mass is 10.0. The van der Waals surface area contributed by atoms with E-state index in [-0.39, 0.29) is 23.4 Å². The summed E-state index contributed by atoms with van der Waals surface area (Å²) in [5, 5.41) is 3.32. The molecule has 0 saturated heterocycles. The first-order valence-corrected chi connectivity index (χ1v) is 10.3. The summed E-state index contributed by atoms with van der Waals surface area (Å²) < 4.78 is 1.68. The van der Waals surface area contributed by atoms with Crippen molar-refractivity contribution in [1.82, 2.24) is 14.9 Å². The largest absolute Gasteiger partial charge is 0.350 e. The maximum Gasteiger partial charge on any atom is 0.240 e. The van der Waals surface area contributed by atoms with Gasteiger partial charge in [0.25, 0.3) is 0 Å². The zero-order valence-corrected chi connectivity index (χ0v) is 18.0. The van der Waals surface area contributed by atoms with Gasteiger partial charge in [-0.15, -0.1) is 0 Å². The molecule has 0 radical (unpaired) electrons. The van der Waals surface area contributed by atoms with Gasteiger partial charge < -0.3 is 9.88 Å². The first-order chi connectivity index (χ1) is 15.4. The Labute approximate surface area is 185 Å². The third-order valence-electron chi connectivity index (χ3n) is 5.53. The number of amides is 1. The highest BCUT2D eigenvalue weighted by molar-refractivity contribution is 6.10. The summed E-state index contributed by atoms with van der Waals surface area (Å²) in [7, 11) is 0. The summed E-state index contributed by atoms with van der Waals surface area (Å²) in [6.07, 6.45) is 4.51. The number of fused-ring (bicyclic) bond motifs is 1. The molecule has 0 aliphatic heterocycles. The Morgan fingerprint density at radius 3 is 2.38 bits per heavy atom. The molecule has 1 amide bonds. The summed E-state index contributed by atoms with van der Waals surface area (Å²) in [6, 6.07) is 16.4. The molecule has 0 atom stereocenters. The Hall–Kier alpha value is -4.06. The van der Waals surface area contributed by atoms with E-state index in [1.807, 2.05) is 50.2 Å². The van der Waals surface area contributed by atoms with Crippen molar-refractivity contribution in [2.24, 2.45) is 0 Å². The molecular weight excluding hydrogens is 402 g/mol. The van der Waals surface area contributed by atoms with Gasteiger partial charge in [0.2, 0.25) is 11.3 Å². The Bertz CT molecular complexity index is 1360. The minimum absolute atomic E-state index is 0.0112. The van der Waals surface area contributed by atoms with Crippen LogP contribution in [-0.4, -0.2) is 21.2 Å². The molecule has 0 unspecified atom stereocenters. The molecule has 160 valence electrons. The SMILES string of the molecule is Cc1cc2c(=O)c(C(=O)c3ccncc3)cn(CC(=O)NCc3ccccc3)c2cc1C. The first kappa shape index (κ1) is 21.2. The third-order valence-corrected chi connectivity index (χ3v) is 5.53. The van der Waals surface area contributed by atoms with Gasteiger partial charge in [0.05, 0.1) is 11.1 Å². The van der Waals surface area contributed by atoms with Crippen molar-refractivity contribution < 1.29 is 9.59 Å². The molecule has 6 nitrogen and oxygen atoms in total. The van der Waals surface area contributed by atoms with E-state index in [1.54, 1.807) is 22.8 Å². The van der Waals surface area contributed by atoms with Crippen LogP contribution in [0.3, 0.4) is 0 Å². The minimum atomic E-state index is -0.393. The molecule has 4 aromatic rings. The van der Waals surface area contributed by atoms with Crippen LogP contribution in [0.4, 0.5) is 0 Å². The van der Waals surface area contributed by atoms with Crippen molar-refractivity contribution in [3.05, 3.63) is 111 Å². The second kappa shape index (κ2) is 8.98. The number of rotatable bonds is 6. The van der Waals surface area contributed by atoms with E-state index in [9.17, 15) is 14.4 Å². The Kier molecular flexibility index (Phi) is 5.94. The van der Waals surface area contributed by atoms with Crippen LogP contribution in [0.5, 0.6) is 0 Å². The second-order valence-corrected chi connectivity index (χ2v) is 7.78. The molecule has 32 heavy (non-hydrogen) atoms. The summed E-state index contributed by atoms with van der Waals surface area (Å²) in [6.45, 7) is 4.26. The topological polar surface area (TPSA) is 81.1 Å². The van der Waals surface area contributed by atoms with Crippen molar-refractivity contribution in [2.45, 2.75) is 26.9 Å². The van der Waals surface area contributed by atoms with Crippen LogP contribution < -0.4 is 10.7 Å². The fourth-order valence-electron chi connectivity index (χ4n) is 3.61. The van der Waals surface area contributed by atoms with Crippen LogP contribution >= 0.6 is 0 Å². The van der Waals surface area contributed by atoms with E-state index in [0.29, 0.717) is 23.0 Å². The van der Waals surface area contributed by atoms with E-state index in [2.05, 4.69) is 10.3 Å². The molecule has 0 spiro atoms. The molecule has 6 heteroatoms. The molecule has 0 bridgehead atoms. The van der Waals surface area contributed by atoms with Crippen molar-refractivity contribution in [3.63, 3.8) is 0 Å². The Morgan fingerprint density at radius 1 is 0.969 bits per heavy atom. The molecule has 4 rings (SSSR count). The zero-order valence-electron chi connectivity index (χ0n) is 18.0. The number of carbonyl (C=O) groups excluding carboxylic acids is 2. The number of nitrogens with zero attached hydrogens (tertiary/aromatic N) is 2. The van der Waals surface area contributed by atoms with Gasteiger partial charge >= 0.3 is 0 Å². The van der Waals surface area contributed by atoms with Crippen molar-refractivity contribution in [2.75, 3.05) is 0 Å². The maximum atomic E-state index is 13.2. The van der Waals surface area contributed by atoms with E-state index in [4.69, 9.17) is 0 Å². The molecule has 0 saturated carbocycles. The highest BCUT2D eigenvalue weighted by Crippen LogP contribution is 2.19. The highest BCUT2D eigenvalue weighted by Gasteiger charge is 2.19. The van der Waals surface area contributed by atoms with E-state index >= 15 is 0 Å². The lowest BCUT2D eigenvalue weighted by Crippen LogP contribution is -2.29. The first-order valence-electron chi connectivity index (χ1n) is 10.3. The number of carbonyl (C=O) groups is 2. The average molecular weight is 425 g/mol. The number of hydrogen-bond acceptors (Lipinski definition) is 4. The van der Waals surface area contributed by atoms with Gasteiger partial charge in [0, 0.05) is 36.1 Å². The number of ketones is 1. The maximum absolute atomic E-state index is 13.2. The van der Waals surface area contributed by atoms with E-state index < -0.39 is 5.78 Å². The summed E-state index contributed by atoms with van der Waals surface area (Å²) in [5.74, 6) is -0.602. The van der Waals surface area contributed by atoms with Gasteiger partial charge in [-0.25, -0.2) is 0 Å². The summed E-state index contributed by atoms with van der Waals surface area (Å²) in [4.78, 5) is 42.9. The third kappa shape index (κ3) is 4.34. The van der Waals surface area contributed by atoms with E-state index in [0.717, 1.165) is 16.7 Å². The quantitative estimate of drug-likeness (QED) is 0.479. The number of aryl methyl sites for hydroxylation is 2.